The van der Waals surface area contributed by atoms with Crippen LogP contribution in [0.25, 0.3) is 0 Å². The minimum absolute atomic E-state index is 0.207. The van der Waals surface area contributed by atoms with E-state index in [4.69, 9.17) is 5.73 Å². The molecule has 0 spiro atoms. The molecule has 2 fully saturated rings. The van der Waals surface area contributed by atoms with Gasteiger partial charge >= 0.3 is 0 Å². The van der Waals surface area contributed by atoms with Gasteiger partial charge in [0.05, 0.1) is 5.41 Å². The van der Waals surface area contributed by atoms with Gasteiger partial charge in [-0.2, -0.15) is 0 Å². The van der Waals surface area contributed by atoms with Crippen molar-refractivity contribution >= 4 is 5.91 Å². The second-order valence-electron chi connectivity index (χ2n) is 6.90. The standard InChI is InChI=1S/C14H26N2O/c1-10-7-14(8-10,9-15)12(17)16-11-5-4-6-13(11,2)3/h10-11H,4-9,15H2,1-3H3,(H,16,17). The lowest BCUT2D eigenvalue weighted by Crippen LogP contribution is -2.56. The summed E-state index contributed by atoms with van der Waals surface area (Å²) in [5.74, 6) is 0.860. The molecule has 2 rings (SSSR count). The molecule has 1 atom stereocenters. The summed E-state index contributed by atoms with van der Waals surface area (Å²) in [6.45, 7) is 7.20. The Kier molecular flexibility index (Phi) is 3.23. The van der Waals surface area contributed by atoms with Crippen molar-refractivity contribution in [1.29, 1.82) is 0 Å². The Labute approximate surface area is 105 Å². The van der Waals surface area contributed by atoms with Crippen LogP contribution in [0.2, 0.25) is 0 Å². The Morgan fingerprint density at radius 2 is 2.06 bits per heavy atom. The van der Waals surface area contributed by atoms with Crippen molar-refractivity contribution in [2.24, 2.45) is 22.5 Å². The lowest BCUT2D eigenvalue weighted by Gasteiger charge is -2.45. The Balaban J connectivity index is 1.97. The molecule has 3 heteroatoms. The maximum Gasteiger partial charge on any atom is 0.227 e. The number of amides is 1. The molecule has 0 radical (unpaired) electrons. The summed E-state index contributed by atoms with van der Waals surface area (Å²) in [6, 6.07) is 0.342. The Morgan fingerprint density at radius 1 is 1.41 bits per heavy atom. The number of hydrogen-bond acceptors (Lipinski definition) is 2. The molecule has 0 aromatic carbocycles. The fourth-order valence-corrected chi connectivity index (χ4v) is 3.62. The number of nitrogens with one attached hydrogen (secondary N) is 1. The largest absolute Gasteiger partial charge is 0.352 e. The molecule has 1 unspecified atom stereocenters. The van der Waals surface area contributed by atoms with Crippen molar-refractivity contribution in [3.05, 3.63) is 0 Å². The molecular formula is C14H26N2O. The van der Waals surface area contributed by atoms with Gasteiger partial charge in [0.15, 0.2) is 0 Å². The molecule has 0 aromatic rings. The second-order valence-corrected chi connectivity index (χ2v) is 6.90. The van der Waals surface area contributed by atoms with Gasteiger partial charge in [-0.3, -0.25) is 4.79 Å². The SMILES string of the molecule is CC1CC(CN)(C(=O)NC2CCCC2(C)C)C1. The predicted octanol–water partition coefficient (Wildman–Crippen LogP) is 2.06. The van der Waals surface area contributed by atoms with Gasteiger partial charge in [-0.25, -0.2) is 0 Å². The highest BCUT2D eigenvalue weighted by Crippen LogP contribution is 2.46. The van der Waals surface area contributed by atoms with Crippen molar-refractivity contribution in [2.45, 2.75) is 58.9 Å². The third-order valence-electron chi connectivity index (χ3n) is 4.91. The summed E-state index contributed by atoms with van der Waals surface area (Å²) in [7, 11) is 0. The summed E-state index contributed by atoms with van der Waals surface area (Å²) < 4.78 is 0. The van der Waals surface area contributed by atoms with Gasteiger partial charge in [-0.05, 0) is 37.0 Å². The molecule has 17 heavy (non-hydrogen) atoms. The number of rotatable bonds is 3. The maximum absolute atomic E-state index is 12.4. The van der Waals surface area contributed by atoms with Crippen molar-refractivity contribution in [3.8, 4) is 0 Å². The molecular weight excluding hydrogens is 212 g/mol. The second kappa shape index (κ2) is 4.27. The molecule has 2 aliphatic carbocycles. The first-order valence-electron chi connectivity index (χ1n) is 6.91. The molecule has 1 amide bonds. The van der Waals surface area contributed by atoms with E-state index in [1.165, 1.54) is 12.8 Å². The minimum Gasteiger partial charge on any atom is -0.352 e. The van der Waals surface area contributed by atoms with Crippen LogP contribution in [-0.2, 0) is 4.79 Å². The van der Waals surface area contributed by atoms with Gasteiger partial charge in [-0.15, -0.1) is 0 Å². The van der Waals surface area contributed by atoms with Crippen LogP contribution in [0, 0.1) is 16.7 Å². The highest BCUT2D eigenvalue weighted by Gasteiger charge is 2.48. The first-order valence-corrected chi connectivity index (χ1v) is 6.91. The average Bonchev–Trinajstić information content (AvgIpc) is 2.53. The lowest BCUT2D eigenvalue weighted by atomic mass is 9.62. The summed E-state index contributed by atoms with van der Waals surface area (Å²) in [5, 5.41) is 3.26. The number of carbonyl (C=O) groups excluding carboxylic acids is 1. The van der Waals surface area contributed by atoms with E-state index in [-0.39, 0.29) is 16.7 Å². The number of nitrogens with two attached hydrogens (primary N) is 1. The van der Waals surface area contributed by atoms with E-state index in [0.29, 0.717) is 18.5 Å². The summed E-state index contributed by atoms with van der Waals surface area (Å²) in [5.41, 5.74) is 5.81. The van der Waals surface area contributed by atoms with Crippen LogP contribution in [0.5, 0.6) is 0 Å². The molecule has 0 heterocycles. The minimum atomic E-state index is -0.252. The molecule has 3 nitrogen and oxygen atoms in total. The molecule has 0 saturated heterocycles. The zero-order chi connectivity index (χ0) is 12.7. The van der Waals surface area contributed by atoms with Crippen LogP contribution >= 0.6 is 0 Å². The number of carbonyl (C=O) groups is 1. The van der Waals surface area contributed by atoms with Crippen LogP contribution in [0.4, 0.5) is 0 Å². The summed E-state index contributed by atoms with van der Waals surface area (Å²) in [6.07, 6.45) is 5.48. The van der Waals surface area contributed by atoms with E-state index in [0.717, 1.165) is 19.3 Å². The lowest BCUT2D eigenvalue weighted by molar-refractivity contribution is -0.139. The topological polar surface area (TPSA) is 55.1 Å². The summed E-state index contributed by atoms with van der Waals surface area (Å²) >= 11 is 0. The van der Waals surface area contributed by atoms with E-state index in [9.17, 15) is 4.79 Å². The Hall–Kier alpha value is -0.570. The molecule has 0 aromatic heterocycles. The Morgan fingerprint density at radius 3 is 2.47 bits per heavy atom. The average molecular weight is 238 g/mol. The van der Waals surface area contributed by atoms with E-state index in [2.05, 4.69) is 26.1 Å². The third-order valence-corrected chi connectivity index (χ3v) is 4.91. The van der Waals surface area contributed by atoms with Gasteiger partial charge < -0.3 is 11.1 Å². The van der Waals surface area contributed by atoms with E-state index >= 15 is 0 Å². The molecule has 2 saturated carbocycles. The van der Waals surface area contributed by atoms with Crippen LogP contribution in [0.1, 0.15) is 52.9 Å². The van der Waals surface area contributed by atoms with Crippen LogP contribution in [0.3, 0.4) is 0 Å². The van der Waals surface area contributed by atoms with Gasteiger partial charge in [0, 0.05) is 12.6 Å². The predicted molar refractivity (Wildman–Crippen MR) is 69.4 cm³/mol. The van der Waals surface area contributed by atoms with E-state index in [1.54, 1.807) is 0 Å². The van der Waals surface area contributed by atoms with Crippen molar-refractivity contribution in [3.63, 3.8) is 0 Å². The van der Waals surface area contributed by atoms with Crippen LogP contribution < -0.4 is 11.1 Å². The normalized spacial score (nSPS) is 39.8. The van der Waals surface area contributed by atoms with Gasteiger partial charge in [0.25, 0.3) is 0 Å². The first-order chi connectivity index (χ1) is 7.89. The highest BCUT2D eigenvalue weighted by molar-refractivity contribution is 5.84. The van der Waals surface area contributed by atoms with Crippen molar-refractivity contribution in [2.75, 3.05) is 6.54 Å². The quantitative estimate of drug-likeness (QED) is 0.790. The van der Waals surface area contributed by atoms with Crippen LogP contribution in [0.15, 0.2) is 0 Å². The van der Waals surface area contributed by atoms with Crippen LogP contribution in [-0.4, -0.2) is 18.5 Å². The molecule has 3 N–H and O–H groups in total. The Bertz CT molecular complexity index is 305. The fraction of sp³-hybridized carbons (Fsp3) is 0.929. The van der Waals surface area contributed by atoms with Gasteiger partial charge in [0.1, 0.15) is 0 Å². The van der Waals surface area contributed by atoms with E-state index < -0.39 is 0 Å². The molecule has 98 valence electrons. The zero-order valence-corrected chi connectivity index (χ0v) is 11.4. The van der Waals surface area contributed by atoms with Crippen molar-refractivity contribution in [1.82, 2.24) is 5.32 Å². The molecule has 0 aliphatic heterocycles. The summed E-state index contributed by atoms with van der Waals surface area (Å²) in [4.78, 5) is 12.4. The first kappa shape index (κ1) is 12.9. The highest BCUT2D eigenvalue weighted by atomic mass is 16.2. The van der Waals surface area contributed by atoms with Gasteiger partial charge in [0.2, 0.25) is 5.91 Å². The van der Waals surface area contributed by atoms with Gasteiger partial charge in [-0.1, -0.05) is 27.2 Å². The van der Waals surface area contributed by atoms with Crippen molar-refractivity contribution < 1.29 is 4.79 Å². The maximum atomic E-state index is 12.4. The fourth-order valence-electron chi connectivity index (χ4n) is 3.62. The smallest absolute Gasteiger partial charge is 0.227 e. The zero-order valence-electron chi connectivity index (χ0n) is 11.4. The monoisotopic (exact) mass is 238 g/mol. The molecule has 2 aliphatic rings. The number of hydrogen-bond donors (Lipinski definition) is 2. The molecule has 0 bridgehead atoms. The third kappa shape index (κ3) is 2.22. The van der Waals surface area contributed by atoms with E-state index in [1.807, 2.05) is 0 Å².